The van der Waals surface area contributed by atoms with Crippen LogP contribution in [-0.4, -0.2) is 27.3 Å². The summed E-state index contributed by atoms with van der Waals surface area (Å²) in [5, 5.41) is 1.80. The first-order valence-corrected chi connectivity index (χ1v) is 13.6. The lowest BCUT2D eigenvalue weighted by Gasteiger charge is -2.54. The van der Waals surface area contributed by atoms with Gasteiger partial charge in [0.1, 0.15) is 0 Å². The van der Waals surface area contributed by atoms with Crippen LogP contribution in [0.3, 0.4) is 0 Å². The summed E-state index contributed by atoms with van der Waals surface area (Å²) < 4.78 is 0. The van der Waals surface area contributed by atoms with Crippen LogP contribution in [0.2, 0.25) is 0 Å². The molecule has 3 heteroatoms. The Hall–Kier alpha value is 1.29. The summed E-state index contributed by atoms with van der Waals surface area (Å²) in [7, 11) is 0.113. The molecule has 0 amide bonds. The maximum Gasteiger partial charge on any atom is -0.0133 e. The summed E-state index contributed by atoms with van der Waals surface area (Å²) in [4.78, 5) is 0. The molecule has 0 bridgehead atoms. The van der Waals surface area contributed by atoms with Gasteiger partial charge >= 0.3 is 0 Å². The smallest absolute Gasteiger partial charge is 0.0133 e. The normalized spacial score (nSPS) is 15.6. The van der Waals surface area contributed by atoms with Crippen molar-refractivity contribution in [1.29, 1.82) is 0 Å². The van der Waals surface area contributed by atoms with Crippen molar-refractivity contribution >= 4 is 22.5 Å². The van der Waals surface area contributed by atoms with Gasteiger partial charge < -0.3 is 0 Å². The van der Waals surface area contributed by atoms with E-state index in [-0.39, 0.29) is 22.5 Å². The van der Waals surface area contributed by atoms with Crippen molar-refractivity contribution in [2.75, 3.05) is 6.66 Å². The summed E-state index contributed by atoms with van der Waals surface area (Å²) in [6.07, 6.45) is 0. The molecule has 122 valence electrons. The summed E-state index contributed by atoms with van der Waals surface area (Å²) in [5.74, 6) is 0. The average Bonchev–Trinajstić information content (AvgIpc) is 1.88. The Morgan fingerprint density at radius 2 is 0.550 bits per heavy atom. The van der Waals surface area contributed by atoms with Gasteiger partial charge in [-0.25, -0.2) is 0 Å². The topological polar surface area (TPSA) is 0 Å². The van der Waals surface area contributed by atoms with E-state index in [0.717, 1.165) is 0 Å². The molecule has 0 radical (unpaired) electrons. The first-order chi connectivity index (χ1) is 8.40. The molecule has 0 spiro atoms. The van der Waals surface area contributed by atoms with E-state index in [1.807, 2.05) is 0 Å². The van der Waals surface area contributed by atoms with Gasteiger partial charge in [-0.3, -0.25) is 0 Å². The Labute approximate surface area is 133 Å². The third-order valence-corrected chi connectivity index (χ3v) is 23.3. The number of rotatable bonds is 2. The molecule has 0 fully saturated rings. The third kappa shape index (κ3) is 5.82. The van der Waals surface area contributed by atoms with Gasteiger partial charge in [-0.2, -0.15) is 0 Å². The Morgan fingerprint density at radius 3 is 0.650 bits per heavy atom. The fraction of sp³-hybridized carbons (Fsp3) is 1.00. The second-order valence-electron chi connectivity index (χ2n) is 9.80. The first kappa shape index (κ1) is 21.3. The van der Waals surface area contributed by atoms with Crippen LogP contribution in [0.4, 0.5) is 0 Å². The molecule has 0 atom stereocenters. The Balaban J connectivity index is 5.81. The molecule has 0 saturated carbocycles. The van der Waals surface area contributed by atoms with Crippen LogP contribution in [0.1, 0.15) is 83.1 Å². The second kappa shape index (κ2) is 6.42. The molecule has 20 heavy (non-hydrogen) atoms. The summed E-state index contributed by atoms with van der Waals surface area (Å²) in [5.41, 5.74) is 0. The molecule has 0 N–H and O–H groups in total. The van der Waals surface area contributed by atoms with Crippen LogP contribution < -0.4 is 0 Å². The highest BCUT2D eigenvalue weighted by Crippen LogP contribution is 2.96. The SMILES string of the molecule is CP(P(C(C)(C)C)C(C)(C)C)P(C(C)(C)C)C(C)(C)C. The van der Waals surface area contributed by atoms with Crippen LogP contribution in [0, 0.1) is 0 Å². The van der Waals surface area contributed by atoms with E-state index in [9.17, 15) is 0 Å². The molecular formula is C17H39P3. The quantitative estimate of drug-likeness (QED) is 0.447. The molecule has 0 aromatic heterocycles. The number of hydrogen-bond donors (Lipinski definition) is 0. The van der Waals surface area contributed by atoms with Gasteiger partial charge in [0.25, 0.3) is 0 Å². The van der Waals surface area contributed by atoms with Gasteiger partial charge in [-0.15, -0.1) is 0 Å². The molecule has 0 aromatic carbocycles. The van der Waals surface area contributed by atoms with Crippen LogP contribution in [0.5, 0.6) is 0 Å². The minimum absolute atomic E-state index is 0.0217. The van der Waals surface area contributed by atoms with Crippen molar-refractivity contribution in [3.63, 3.8) is 0 Å². The lowest BCUT2D eigenvalue weighted by molar-refractivity contribution is 0.716. The Morgan fingerprint density at radius 1 is 0.400 bits per heavy atom. The van der Waals surface area contributed by atoms with Gasteiger partial charge in [0.05, 0.1) is 0 Å². The highest BCUT2D eigenvalue weighted by Gasteiger charge is 2.47. The predicted molar refractivity (Wildman–Crippen MR) is 106 cm³/mol. The summed E-state index contributed by atoms with van der Waals surface area (Å²) >= 11 is 0. The van der Waals surface area contributed by atoms with Crippen molar-refractivity contribution < 1.29 is 0 Å². The zero-order valence-corrected chi connectivity index (χ0v) is 19.0. The molecule has 0 aliphatic carbocycles. The zero-order valence-electron chi connectivity index (χ0n) is 16.3. The van der Waals surface area contributed by atoms with Crippen molar-refractivity contribution in [3.05, 3.63) is 0 Å². The fourth-order valence-corrected chi connectivity index (χ4v) is 33.7. The average molecular weight is 336 g/mol. The Bertz CT molecular complexity index is 247. The molecule has 0 rings (SSSR count). The Kier molecular flexibility index (Phi) is 6.84. The molecule has 0 aromatic rings. The monoisotopic (exact) mass is 336 g/mol. The van der Waals surface area contributed by atoms with Gasteiger partial charge in [0.2, 0.25) is 0 Å². The van der Waals surface area contributed by atoms with Crippen LogP contribution in [0.15, 0.2) is 0 Å². The van der Waals surface area contributed by atoms with Crippen molar-refractivity contribution in [3.8, 4) is 0 Å². The van der Waals surface area contributed by atoms with Gasteiger partial charge in [-0.1, -0.05) is 106 Å². The first-order valence-electron chi connectivity index (χ1n) is 7.74. The van der Waals surface area contributed by atoms with Crippen LogP contribution in [0.25, 0.3) is 0 Å². The lowest BCUT2D eigenvalue weighted by atomic mass is 10.2. The predicted octanol–water partition coefficient (Wildman–Crippen LogP) is 8.09. The maximum absolute atomic E-state index is 2.62. The van der Waals surface area contributed by atoms with E-state index in [1.54, 1.807) is 0 Å². The minimum Gasteiger partial charge on any atom is -0.0657 e. The van der Waals surface area contributed by atoms with Crippen molar-refractivity contribution in [2.45, 2.75) is 104 Å². The molecular weight excluding hydrogens is 297 g/mol. The third-order valence-electron chi connectivity index (χ3n) is 3.12. The van der Waals surface area contributed by atoms with Gasteiger partial charge in [0.15, 0.2) is 0 Å². The standard InChI is InChI=1S/C17H39P3/c1-14(2,3)19(15(4,5)6)18(13)20(16(7,8)9)17(10,11)12/h1-13H3. The fourth-order valence-electron chi connectivity index (χ4n) is 3.84. The summed E-state index contributed by atoms with van der Waals surface area (Å²) in [6, 6.07) is 0. The van der Waals surface area contributed by atoms with Crippen LogP contribution >= 0.6 is 22.5 Å². The van der Waals surface area contributed by atoms with E-state index in [0.29, 0.717) is 20.6 Å². The largest absolute Gasteiger partial charge is 0.0657 e. The zero-order chi connectivity index (χ0) is 16.7. The van der Waals surface area contributed by atoms with Gasteiger partial charge in [-0.05, 0) is 27.3 Å². The minimum atomic E-state index is 0.0217. The van der Waals surface area contributed by atoms with Gasteiger partial charge in [0, 0.05) is 0 Å². The molecule has 0 unspecified atom stereocenters. The molecule has 0 nitrogen and oxygen atoms in total. The van der Waals surface area contributed by atoms with E-state index < -0.39 is 0 Å². The summed E-state index contributed by atoms with van der Waals surface area (Å²) in [6.45, 7) is 32.3. The van der Waals surface area contributed by atoms with E-state index in [1.165, 1.54) is 0 Å². The van der Waals surface area contributed by atoms with E-state index in [2.05, 4.69) is 89.7 Å². The molecule has 0 heterocycles. The number of hydrogen-bond acceptors (Lipinski definition) is 0. The van der Waals surface area contributed by atoms with E-state index in [4.69, 9.17) is 0 Å². The van der Waals surface area contributed by atoms with Crippen molar-refractivity contribution in [1.82, 2.24) is 0 Å². The molecule has 0 aliphatic rings. The van der Waals surface area contributed by atoms with Crippen LogP contribution in [-0.2, 0) is 0 Å². The highest BCUT2D eigenvalue weighted by atomic mass is 32.5. The molecule has 0 aliphatic heterocycles. The molecule has 0 saturated heterocycles. The maximum atomic E-state index is 2.62. The lowest BCUT2D eigenvalue weighted by Crippen LogP contribution is -2.28. The van der Waals surface area contributed by atoms with E-state index >= 15 is 0 Å². The van der Waals surface area contributed by atoms with Crippen molar-refractivity contribution in [2.24, 2.45) is 0 Å². The second-order valence-corrected chi connectivity index (χ2v) is 24.3. The highest BCUT2D eigenvalue weighted by molar-refractivity contribution is 8.61.